The molecule has 0 aliphatic carbocycles. The van der Waals surface area contributed by atoms with Crippen LogP contribution in [-0.2, 0) is 19.4 Å². The summed E-state index contributed by atoms with van der Waals surface area (Å²) < 4.78 is 30.4. The summed E-state index contributed by atoms with van der Waals surface area (Å²) in [6.45, 7) is 3.22. The number of hydrogen-bond donors (Lipinski definition) is 1. The molecule has 1 N–H and O–H groups in total. The van der Waals surface area contributed by atoms with Crippen molar-refractivity contribution in [2.75, 3.05) is 18.1 Å². The van der Waals surface area contributed by atoms with E-state index >= 15 is 0 Å². The van der Waals surface area contributed by atoms with Crippen LogP contribution in [0.1, 0.15) is 36.8 Å². The summed E-state index contributed by atoms with van der Waals surface area (Å²) in [4.78, 5) is 24.1. The predicted octanol–water partition coefficient (Wildman–Crippen LogP) is 1.59. The summed E-state index contributed by atoms with van der Waals surface area (Å²) in [5.41, 5.74) is 1.50. The number of rotatable bonds is 6. The molecule has 0 bridgehead atoms. The largest absolute Gasteiger partial charge is 0.451 e. The van der Waals surface area contributed by atoms with Gasteiger partial charge in [-0.2, -0.15) is 5.10 Å². The van der Waals surface area contributed by atoms with E-state index in [1.54, 1.807) is 10.7 Å². The number of hydrogen-bond acceptors (Lipinski definition) is 6. The third kappa shape index (κ3) is 4.78. The number of ether oxygens (including phenoxy) is 1. The van der Waals surface area contributed by atoms with Gasteiger partial charge in [0, 0.05) is 6.04 Å². The molecule has 150 valence electrons. The summed E-state index contributed by atoms with van der Waals surface area (Å²) in [6.07, 6.45) is 0.440. The Labute approximate surface area is 163 Å². The Morgan fingerprint density at radius 3 is 2.61 bits per heavy atom. The number of sulfone groups is 1. The second-order valence-electron chi connectivity index (χ2n) is 7.08. The monoisotopic (exact) mass is 405 g/mol. The number of esters is 1. The van der Waals surface area contributed by atoms with E-state index in [9.17, 15) is 18.0 Å². The van der Waals surface area contributed by atoms with Crippen LogP contribution in [0.4, 0.5) is 0 Å². The van der Waals surface area contributed by atoms with Crippen molar-refractivity contribution >= 4 is 21.7 Å². The normalized spacial score (nSPS) is 18.2. The second-order valence-corrected chi connectivity index (χ2v) is 9.31. The van der Waals surface area contributed by atoms with E-state index in [2.05, 4.69) is 10.4 Å². The van der Waals surface area contributed by atoms with Gasteiger partial charge < -0.3 is 10.1 Å². The summed E-state index contributed by atoms with van der Waals surface area (Å²) in [7, 11) is -3.12. The number of nitrogens with one attached hydrogen (secondary N) is 1. The summed E-state index contributed by atoms with van der Waals surface area (Å²) in [5.74, 6) is -1.04. The van der Waals surface area contributed by atoms with Gasteiger partial charge in [0.25, 0.3) is 5.91 Å². The van der Waals surface area contributed by atoms with Crippen LogP contribution in [0.3, 0.4) is 0 Å². The van der Waals surface area contributed by atoms with Crippen LogP contribution < -0.4 is 5.32 Å². The molecule has 28 heavy (non-hydrogen) atoms. The first kappa shape index (κ1) is 20.1. The molecule has 3 rings (SSSR count). The average Bonchev–Trinajstić information content (AvgIpc) is 3.23. The zero-order valence-corrected chi connectivity index (χ0v) is 16.6. The number of amides is 1. The highest BCUT2D eigenvalue weighted by atomic mass is 32.2. The zero-order chi connectivity index (χ0) is 20.3. The van der Waals surface area contributed by atoms with Crippen molar-refractivity contribution in [3.63, 3.8) is 0 Å². The SMILES string of the molecule is CC(C)NC(=O)COC(=O)c1cc(-c2ccccc2)n(C2CCS(=O)(=O)C2)n1. The Kier molecular flexibility index (Phi) is 5.83. The number of carbonyl (C=O) groups excluding carboxylic acids is 2. The molecule has 0 spiro atoms. The van der Waals surface area contributed by atoms with Gasteiger partial charge in [-0.05, 0) is 31.9 Å². The maximum Gasteiger partial charge on any atom is 0.359 e. The summed E-state index contributed by atoms with van der Waals surface area (Å²) >= 11 is 0. The fourth-order valence-electron chi connectivity index (χ4n) is 3.13. The van der Waals surface area contributed by atoms with E-state index in [1.165, 1.54) is 0 Å². The highest BCUT2D eigenvalue weighted by molar-refractivity contribution is 7.91. The number of carbonyl (C=O) groups is 2. The second kappa shape index (κ2) is 8.14. The van der Waals surface area contributed by atoms with Gasteiger partial charge in [-0.15, -0.1) is 0 Å². The number of benzene rings is 1. The molecule has 1 amide bonds. The van der Waals surface area contributed by atoms with E-state index in [0.717, 1.165) is 5.56 Å². The Hall–Kier alpha value is -2.68. The number of aromatic nitrogens is 2. The van der Waals surface area contributed by atoms with Crippen LogP contribution in [0.25, 0.3) is 11.3 Å². The molecule has 8 nitrogen and oxygen atoms in total. The van der Waals surface area contributed by atoms with Gasteiger partial charge in [0.2, 0.25) is 0 Å². The van der Waals surface area contributed by atoms with Crippen molar-refractivity contribution in [3.8, 4) is 11.3 Å². The molecule has 1 fully saturated rings. The van der Waals surface area contributed by atoms with Gasteiger partial charge in [0.15, 0.2) is 22.1 Å². The smallest absolute Gasteiger partial charge is 0.359 e. The molecule has 0 radical (unpaired) electrons. The van der Waals surface area contributed by atoms with Gasteiger partial charge in [0.1, 0.15) is 0 Å². The van der Waals surface area contributed by atoms with E-state index in [-0.39, 0.29) is 29.3 Å². The lowest BCUT2D eigenvalue weighted by Crippen LogP contribution is -2.34. The van der Waals surface area contributed by atoms with E-state index in [4.69, 9.17) is 4.74 Å². The fourth-order valence-corrected chi connectivity index (χ4v) is 4.83. The molecule has 1 atom stereocenters. The minimum Gasteiger partial charge on any atom is -0.451 e. The lowest BCUT2D eigenvalue weighted by Gasteiger charge is -2.13. The Bertz CT molecular complexity index is 967. The Morgan fingerprint density at radius 1 is 1.29 bits per heavy atom. The van der Waals surface area contributed by atoms with E-state index in [1.807, 2.05) is 44.2 Å². The van der Waals surface area contributed by atoms with Gasteiger partial charge in [0.05, 0.1) is 23.2 Å². The highest BCUT2D eigenvalue weighted by Gasteiger charge is 2.32. The molecule has 1 aliphatic rings. The van der Waals surface area contributed by atoms with Gasteiger partial charge >= 0.3 is 5.97 Å². The maximum absolute atomic E-state index is 12.4. The van der Waals surface area contributed by atoms with Gasteiger partial charge in [-0.25, -0.2) is 13.2 Å². The molecule has 2 aromatic rings. The average molecular weight is 405 g/mol. The standard InChI is InChI=1S/C19H23N3O5S/c1-13(2)20-18(23)11-27-19(24)16-10-17(14-6-4-3-5-7-14)22(21-16)15-8-9-28(25,26)12-15/h3-7,10,13,15H,8-9,11-12H2,1-2H3,(H,20,23). The fraction of sp³-hybridized carbons (Fsp3) is 0.421. The molecule has 1 unspecified atom stereocenters. The number of nitrogens with zero attached hydrogens (tertiary/aromatic N) is 2. The van der Waals surface area contributed by atoms with Gasteiger partial charge in [-0.1, -0.05) is 30.3 Å². The van der Waals surface area contributed by atoms with Crippen LogP contribution in [-0.4, -0.2) is 54.2 Å². The molecule has 9 heteroatoms. The molecule has 1 aromatic carbocycles. The van der Waals surface area contributed by atoms with Crippen molar-refractivity contribution in [2.45, 2.75) is 32.4 Å². The molecule has 0 saturated carbocycles. The van der Waals surface area contributed by atoms with Crippen molar-refractivity contribution in [1.82, 2.24) is 15.1 Å². The minimum absolute atomic E-state index is 0.0141. The molecule has 1 saturated heterocycles. The van der Waals surface area contributed by atoms with Crippen molar-refractivity contribution in [3.05, 3.63) is 42.1 Å². The first-order valence-electron chi connectivity index (χ1n) is 9.07. The van der Waals surface area contributed by atoms with Crippen LogP contribution in [0, 0.1) is 0 Å². The van der Waals surface area contributed by atoms with Crippen molar-refractivity contribution in [2.24, 2.45) is 0 Å². The van der Waals surface area contributed by atoms with E-state index < -0.39 is 28.3 Å². The summed E-state index contributed by atoms with van der Waals surface area (Å²) in [5, 5.41) is 6.96. The first-order chi connectivity index (χ1) is 13.2. The van der Waals surface area contributed by atoms with Crippen LogP contribution >= 0.6 is 0 Å². The van der Waals surface area contributed by atoms with Crippen LogP contribution in [0.2, 0.25) is 0 Å². The molecular weight excluding hydrogens is 382 g/mol. The molecule has 1 aliphatic heterocycles. The highest BCUT2D eigenvalue weighted by Crippen LogP contribution is 2.30. The predicted molar refractivity (Wildman–Crippen MR) is 104 cm³/mol. The van der Waals surface area contributed by atoms with Crippen molar-refractivity contribution in [1.29, 1.82) is 0 Å². The van der Waals surface area contributed by atoms with Gasteiger partial charge in [-0.3, -0.25) is 9.48 Å². The lowest BCUT2D eigenvalue weighted by atomic mass is 10.1. The quantitative estimate of drug-likeness (QED) is 0.732. The molecule has 1 aromatic heterocycles. The first-order valence-corrected chi connectivity index (χ1v) is 10.9. The van der Waals surface area contributed by atoms with Crippen LogP contribution in [0.5, 0.6) is 0 Å². The van der Waals surface area contributed by atoms with E-state index in [0.29, 0.717) is 12.1 Å². The third-order valence-corrected chi connectivity index (χ3v) is 6.10. The van der Waals surface area contributed by atoms with Crippen LogP contribution in [0.15, 0.2) is 36.4 Å². The summed E-state index contributed by atoms with van der Waals surface area (Å²) in [6, 6.07) is 10.5. The minimum atomic E-state index is -3.12. The lowest BCUT2D eigenvalue weighted by molar-refractivity contribution is -0.124. The molecular formula is C19H23N3O5S. The zero-order valence-electron chi connectivity index (χ0n) is 15.8. The molecule has 2 heterocycles. The Morgan fingerprint density at radius 2 is 2.00 bits per heavy atom. The maximum atomic E-state index is 12.4. The third-order valence-electron chi connectivity index (χ3n) is 4.35. The van der Waals surface area contributed by atoms with Crippen molar-refractivity contribution < 1.29 is 22.7 Å². The Balaban J connectivity index is 1.85. The topological polar surface area (TPSA) is 107 Å².